The van der Waals surface area contributed by atoms with Crippen LogP contribution in [0.25, 0.3) is 22.2 Å². The van der Waals surface area contributed by atoms with Gasteiger partial charge in [-0.3, -0.25) is 49.2 Å². The Balaban J connectivity index is 0.000000213. The number of nitrogen functional groups attached to an aromatic ring is 1. The summed E-state index contributed by atoms with van der Waals surface area (Å²) in [7, 11) is -1.68. The molecule has 0 radical (unpaired) electrons. The lowest BCUT2D eigenvalue weighted by atomic mass is 10.0. The summed E-state index contributed by atoms with van der Waals surface area (Å²) in [6.45, 7) is 25.2. The van der Waals surface area contributed by atoms with Gasteiger partial charge in [0.1, 0.15) is 57.3 Å². The van der Waals surface area contributed by atoms with Gasteiger partial charge in [-0.25, -0.2) is 54.5 Å². The zero-order valence-electron chi connectivity index (χ0n) is 63.7. The number of nitrogens with zero attached hydrogens (tertiary/aromatic N) is 13. The minimum Gasteiger partial charge on any atom is -0.481 e. The number of carboxylic acid groups (broad SMARTS) is 1. The third-order valence-electron chi connectivity index (χ3n) is 15.4. The zero-order chi connectivity index (χ0) is 80.4. The fourth-order valence-electron chi connectivity index (χ4n) is 9.79. The summed E-state index contributed by atoms with van der Waals surface area (Å²) < 4.78 is 79.6. The second-order valence-corrected chi connectivity index (χ2v) is 36.2. The summed E-state index contributed by atoms with van der Waals surface area (Å²) in [5.41, 5.74) is 12.2. The van der Waals surface area contributed by atoms with E-state index < -0.39 is 82.1 Å². The van der Waals surface area contributed by atoms with Crippen molar-refractivity contribution < 1.29 is 55.0 Å². The van der Waals surface area contributed by atoms with Crippen LogP contribution in [0.1, 0.15) is 166 Å². The average molecular weight is 1570 g/mol. The zero-order valence-corrected chi connectivity index (χ0v) is 66.9. The molecule has 582 valence electrons. The number of pyridine rings is 6. The number of carbonyl (C=O) groups is 5. The van der Waals surface area contributed by atoms with Gasteiger partial charge in [0.2, 0.25) is 0 Å². The molecule has 8 aromatic heterocycles. The van der Waals surface area contributed by atoms with Crippen molar-refractivity contribution in [1.82, 2.24) is 68.4 Å². The van der Waals surface area contributed by atoms with Crippen molar-refractivity contribution in [3.63, 3.8) is 0 Å². The normalized spacial score (nSPS) is 15.9. The number of urea groups is 2. The van der Waals surface area contributed by atoms with E-state index >= 15 is 4.39 Å². The van der Waals surface area contributed by atoms with E-state index in [-0.39, 0.29) is 47.7 Å². The van der Waals surface area contributed by atoms with Crippen LogP contribution in [0, 0.1) is 5.82 Å². The van der Waals surface area contributed by atoms with Crippen LogP contribution in [0.15, 0.2) is 181 Å². The van der Waals surface area contributed by atoms with Crippen LogP contribution in [0.4, 0.5) is 25.5 Å². The first-order valence-corrected chi connectivity index (χ1v) is 39.0. The molecule has 11 rings (SSSR count). The Labute approximate surface area is 645 Å². The number of carbonyl (C=O) groups excluding carboxylic acids is 4. The van der Waals surface area contributed by atoms with Gasteiger partial charge in [0.05, 0.1) is 125 Å². The number of nitrogens with two attached hydrogens (primary N) is 1. The van der Waals surface area contributed by atoms with E-state index in [1.54, 1.807) is 139 Å². The molecule has 0 aliphatic carbocycles. The molecule has 8 atom stereocenters. The molecule has 109 heavy (non-hydrogen) atoms. The molecule has 28 nitrogen and oxygen atoms in total. The highest BCUT2D eigenvalue weighted by Crippen LogP contribution is 2.38. The Kier molecular flexibility index (Phi) is 32.9. The van der Waals surface area contributed by atoms with Gasteiger partial charge in [0.25, 0.3) is 0 Å². The monoisotopic (exact) mass is 1570 g/mol. The number of likely N-dealkylation sites (N-methyl/N-ethyl adjacent to an activating group) is 1. The first kappa shape index (κ1) is 87.7. The summed E-state index contributed by atoms with van der Waals surface area (Å²) in [6, 6.07) is 35.4. The summed E-state index contributed by atoms with van der Waals surface area (Å²) in [5.74, 6) is -1.45. The Morgan fingerprint density at radius 2 is 1.16 bits per heavy atom. The number of benzene rings is 1. The number of esters is 1. The highest BCUT2D eigenvalue weighted by molar-refractivity contribution is 7.85. The fraction of sp³-hybridized carbons (Fsp3) is 0.368. The molecule has 6 N–H and O–H groups in total. The van der Waals surface area contributed by atoms with Crippen LogP contribution >= 0.6 is 0 Å². The number of carboxylic acids is 1. The third kappa shape index (κ3) is 26.6. The van der Waals surface area contributed by atoms with Crippen LogP contribution in [0.5, 0.6) is 0 Å². The molecule has 2 aliphatic rings. The molecule has 8 unspecified atom stereocenters. The number of hydrogen-bond acceptors (Lipinski definition) is 19. The Hall–Kier alpha value is -10.2. The number of anilines is 2. The van der Waals surface area contributed by atoms with Gasteiger partial charge >= 0.3 is 24.0 Å². The van der Waals surface area contributed by atoms with Gasteiger partial charge in [-0.15, -0.1) is 0 Å². The van der Waals surface area contributed by atoms with E-state index in [0.717, 1.165) is 23.4 Å². The van der Waals surface area contributed by atoms with Crippen molar-refractivity contribution in [3.05, 3.63) is 217 Å². The number of fused-ring (bicyclic) bond motifs is 1. The van der Waals surface area contributed by atoms with E-state index in [0.29, 0.717) is 70.4 Å². The smallest absolute Gasteiger partial charge is 0.330 e. The van der Waals surface area contributed by atoms with Gasteiger partial charge in [0.15, 0.2) is 6.29 Å². The highest BCUT2D eigenvalue weighted by Gasteiger charge is 2.42. The summed E-state index contributed by atoms with van der Waals surface area (Å²) >= 11 is 0. The quantitative estimate of drug-likeness (QED) is 0.0285. The molecule has 10 heterocycles. The summed E-state index contributed by atoms with van der Waals surface area (Å²) in [4.78, 5) is 93.3. The van der Waals surface area contributed by atoms with E-state index in [1.807, 2.05) is 151 Å². The van der Waals surface area contributed by atoms with E-state index in [1.165, 1.54) is 16.7 Å². The van der Waals surface area contributed by atoms with Crippen LogP contribution in [0.3, 0.4) is 0 Å². The number of aryl methyl sites for hydroxylation is 1. The Bertz CT molecular complexity index is 4580. The molecule has 0 bridgehead atoms. The Morgan fingerprint density at radius 3 is 1.60 bits per heavy atom. The second-order valence-electron chi connectivity index (χ2n) is 28.1. The molecule has 2 aliphatic heterocycles. The maximum Gasteiger partial charge on any atom is 0.330 e. The number of amides is 4. The van der Waals surface area contributed by atoms with Crippen molar-refractivity contribution in [3.8, 4) is 11.1 Å². The standard InChI is InChI=1S/C22H20FN7O.C14H22N2O3S.C12H17N3O2S.C12H18N2O3S.C10H14N2OS.C6H5NO/c1-28-10-15(19-20(24)26-12-27-21(19)28)14-7-6-13(9-16(14)23)30-11-18(29(2)22(30)31)17-5-3-4-8-25-17;1-5-19-13(17)10-12(11-8-6-7-9-15-11)16-20(18)14(2,3)4;1-12(2,3)18(17)15-10(8-14-11(15)16)9-6-4-5-7-13-9;1-12(2,3)18(17)14-10(8-11(15)16)9-6-4-5-7-13-9;1-10(2,3)14(13)12-8-9-6-4-5-7-11-9;8-5-6-3-1-2-4-7-6/h3-10,12,18H,11H2,1-2H3,(H2,24,26,27);6-9,12,16H,5,10H2,1-4H3;4-7,10H,8H2,1-3H3,(H,14,16);4-7,10,14H,8H2,1-3H3,(H,15,16);4-8H,1-3H3;1-5H. The second kappa shape index (κ2) is 40.8. The minimum atomic E-state index is -1.39. The van der Waals surface area contributed by atoms with Crippen LogP contribution in [-0.2, 0) is 65.3 Å². The average Bonchev–Trinajstić information content (AvgIpc) is 1.77. The predicted octanol–water partition coefficient (Wildman–Crippen LogP) is 11.6. The van der Waals surface area contributed by atoms with Crippen LogP contribution < -0.4 is 25.4 Å². The lowest BCUT2D eigenvalue weighted by Crippen LogP contribution is -2.40. The summed E-state index contributed by atoms with van der Waals surface area (Å²) in [5, 5.41) is 12.2. The lowest BCUT2D eigenvalue weighted by molar-refractivity contribution is -0.143. The summed E-state index contributed by atoms with van der Waals surface area (Å²) in [6.07, 6.45) is 15.3. The fourth-order valence-corrected chi connectivity index (χ4v) is 13.2. The van der Waals surface area contributed by atoms with Crippen molar-refractivity contribution in [1.29, 1.82) is 0 Å². The Morgan fingerprint density at radius 1 is 0.651 bits per heavy atom. The SMILES string of the molecule is CC(C)(C)S(=O)N1C(=O)NCC1c1ccccn1.CC(C)(C)S(=O)N=Cc1ccccn1.CC(C)(C)S(=O)NC(CC(=O)O)c1ccccn1.CCOC(=O)CC(NS(=O)C(C)(C)C)c1ccccn1.CN1C(=O)N(c2ccc(-c3cn(C)c4ncnc(N)c34)c(F)c2)CC1c1ccccn1.O=Cc1ccccn1. The number of aldehydes is 1. The molecular weight excluding hydrogens is 1470 g/mol. The van der Waals surface area contributed by atoms with Crippen LogP contribution in [0.2, 0.25) is 0 Å². The first-order chi connectivity index (χ1) is 51.4. The molecule has 0 saturated carbocycles. The van der Waals surface area contributed by atoms with E-state index in [4.69, 9.17) is 15.6 Å². The maximum absolute atomic E-state index is 15.2. The van der Waals surface area contributed by atoms with E-state index in [2.05, 4.69) is 59.0 Å². The molecule has 0 spiro atoms. The van der Waals surface area contributed by atoms with Gasteiger partial charge in [-0.2, -0.15) is 4.40 Å². The number of rotatable bonds is 19. The predicted molar refractivity (Wildman–Crippen MR) is 425 cm³/mol. The number of ether oxygens (including phenoxy) is 1. The highest BCUT2D eigenvalue weighted by atomic mass is 32.2. The van der Waals surface area contributed by atoms with Gasteiger partial charge < -0.3 is 30.4 Å². The molecular formula is C76H96FN17O11S4. The number of nitrogens with one attached hydrogen (secondary N) is 3. The van der Waals surface area contributed by atoms with E-state index in [9.17, 15) is 40.8 Å². The van der Waals surface area contributed by atoms with Gasteiger partial charge in [-0.05, 0) is 181 Å². The van der Waals surface area contributed by atoms with Crippen molar-refractivity contribution in [2.45, 2.75) is 146 Å². The maximum atomic E-state index is 15.2. The first-order valence-electron chi connectivity index (χ1n) is 34.4. The third-order valence-corrected chi connectivity index (χ3v) is 21.8. The van der Waals surface area contributed by atoms with Gasteiger partial charge in [-0.1, -0.05) is 36.4 Å². The number of aromatic nitrogens is 9. The van der Waals surface area contributed by atoms with Crippen LogP contribution in [-0.4, -0.2) is 158 Å². The lowest BCUT2D eigenvalue weighted by Gasteiger charge is -2.28. The van der Waals surface area contributed by atoms with Crippen molar-refractivity contribution >= 4 is 103 Å². The van der Waals surface area contributed by atoms with Gasteiger partial charge in [0, 0.05) is 80.8 Å². The number of aliphatic carboxylic acids is 1. The molecule has 2 saturated heterocycles. The molecule has 33 heteroatoms. The number of halogens is 1. The number of hydrogen-bond donors (Lipinski definition) is 5. The minimum absolute atomic E-state index is 0.104. The molecule has 4 amide bonds. The topological polar surface area (TPSA) is 375 Å². The van der Waals surface area contributed by atoms with Crippen molar-refractivity contribution in [2.75, 3.05) is 37.4 Å². The molecule has 2 fully saturated rings. The molecule has 9 aromatic rings. The largest absolute Gasteiger partial charge is 0.481 e. The van der Waals surface area contributed by atoms with Crippen molar-refractivity contribution in [2.24, 2.45) is 11.4 Å². The molecule has 1 aromatic carbocycles.